The Kier molecular flexibility index (Phi) is 6.88. The quantitative estimate of drug-likeness (QED) is 0.240. The van der Waals surface area contributed by atoms with E-state index in [4.69, 9.17) is 17.0 Å². The molecular weight excluding hydrogens is 410 g/mol. The first-order valence-corrected chi connectivity index (χ1v) is 10.0. The summed E-state index contributed by atoms with van der Waals surface area (Å²) in [7, 11) is 0. The van der Waals surface area contributed by atoms with Gasteiger partial charge < -0.3 is 10.2 Å². The summed E-state index contributed by atoms with van der Waals surface area (Å²) >= 11 is 5.89. The lowest BCUT2D eigenvalue weighted by molar-refractivity contribution is 0.0992. The second-order valence-electron chi connectivity index (χ2n) is 7.13. The molecule has 3 aromatic rings. The van der Waals surface area contributed by atoms with Gasteiger partial charge in [0.1, 0.15) is 5.84 Å². The van der Waals surface area contributed by atoms with Crippen LogP contribution in [0.25, 0.3) is 0 Å². The van der Waals surface area contributed by atoms with Crippen LogP contribution >= 0.6 is 11.6 Å². The van der Waals surface area contributed by atoms with Gasteiger partial charge in [-0.2, -0.15) is 0 Å². The average Bonchev–Trinajstić information content (AvgIpc) is 3.61. The minimum atomic E-state index is -0.275. The number of Topliss-reactive ketones (excluding diaryl/α,β-unsaturated/α-hetero) is 1. The fraction of sp³-hybridized carbons (Fsp3) is 0.160. The van der Waals surface area contributed by atoms with Gasteiger partial charge in [-0.1, -0.05) is 61.5 Å². The zero-order chi connectivity index (χ0) is 21.1. The lowest BCUT2D eigenvalue weighted by atomic mass is 9.97. The van der Waals surface area contributed by atoms with Crippen molar-refractivity contribution in [3.63, 3.8) is 0 Å². The summed E-state index contributed by atoms with van der Waals surface area (Å²) in [5, 5.41) is 11.5. The van der Waals surface area contributed by atoms with Gasteiger partial charge in [-0.15, -0.1) is 0 Å². The van der Waals surface area contributed by atoms with Crippen molar-refractivity contribution in [3.05, 3.63) is 100 Å². The molecule has 1 heterocycles. The first kappa shape index (κ1) is 22.2. The Hall–Kier alpha value is -3.44. The molecular formula is C25H24ClN3O2. The molecule has 3 aromatic carbocycles. The van der Waals surface area contributed by atoms with Gasteiger partial charge in [0, 0.05) is 46.9 Å². The molecule has 0 spiro atoms. The SMILES string of the molecule is C.N=C(c1ccc(C(=O)Cc2ccccc2C(=O)Nc2ccc(Cl)cc2)cc1)N1CC1. The summed E-state index contributed by atoms with van der Waals surface area (Å²) < 4.78 is 0. The third-order valence-electron chi connectivity index (χ3n) is 4.96. The third-order valence-corrected chi connectivity index (χ3v) is 5.21. The van der Waals surface area contributed by atoms with Crippen LogP contribution in [-0.2, 0) is 6.42 Å². The maximum absolute atomic E-state index is 12.8. The fourth-order valence-corrected chi connectivity index (χ4v) is 3.30. The topological polar surface area (TPSA) is 73.0 Å². The van der Waals surface area contributed by atoms with E-state index >= 15 is 0 Å². The number of ketones is 1. The van der Waals surface area contributed by atoms with Crippen molar-refractivity contribution in [2.75, 3.05) is 18.4 Å². The highest BCUT2D eigenvalue weighted by Crippen LogP contribution is 2.18. The van der Waals surface area contributed by atoms with E-state index in [1.807, 2.05) is 11.0 Å². The Morgan fingerprint density at radius 3 is 2.16 bits per heavy atom. The molecule has 1 saturated heterocycles. The smallest absolute Gasteiger partial charge is 0.255 e. The van der Waals surface area contributed by atoms with Crippen LogP contribution in [0.4, 0.5) is 5.69 Å². The standard InChI is InChI=1S/C24H20ClN3O2.CH4/c25-19-9-11-20(12-10-19)27-24(30)21-4-2-1-3-18(21)15-22(29)16-5-7-17(8-6-16)23(26)28-13-14-28;/h1-12,26H,13-15H2,(H,27,30);1H4. The van der Waals surface area contributed by atoms with E-state index in [1.165, 1.54) is 0 Å². The highest BCUT2D eigenvalue weighted by molar-refractivity contribution is 6.30. The molecule has 1 fully saturated rings. The summed E-state index contributed by atoms with van der Waals surface area (Å²) in [6.07, 6.45) is 0.118. The number of hydrogen-bond donors (Lipinski definition) is 2. The molecule has 1 amide bonds. The lowest BCUT2D eigenvalue weighted by Crippen LogP contribution is -2.16. The Morgan fingerprint density at radius 2 is 1.52 bits per heavy atom. The summed E-state index contributed by atoms with van der Waals surface area (Å²) in [5.74, 6) is 0.132. The van der Waals surface area contributed by atoms with Gasteiger partial charge in [-0.25, -0.2) is 0 Å². The van der Waals surface area contributed by atoms with Crippen LogP contribution in [0, 0.1) is 5.41 Å². The molecule has 0 aliphatic carbocycles. The molecule has 1 aliphatic heterocycles. The van der Waals surface area contributed by atoms with E-state index in [-0.39, 0.29) is 25.5 Å². The number of amidine groups is 1. The summed E-state index contributed by atoms with van der Waals surface area (Å²) in [5.41, 5.74) is 3.11. The molecule has 0 radical (unpaired) electrons. The summed E-state index contributed by atoms with van der Waals surface area (Å²) in [6, 6.07) is 21.0. The number of nitrogens with one attached hydrogen (secondary N) is 2. The zero-order valence-electron chi connectivity index (χ0n) is 16.2. The van der Waals surface area contributed by atoms with Crippen LogP contribution in [0.2, 0.25) is 5.02 Å². The minimum Gasteiger partial charge on any atom is -0.353 e. The molecule has 5 nitrogen and oxygen atoms in total. The van der Waals surface area contributed by atoms with E-state index in [0.717, 1.165) is 18.7 Å². The molecule has 0 saturated carbocycles. The maximum Gasteiger partial charge on any atom is 0.255 e. The van der Waals surface area contributed by atoms with Crippen LogP contribution in [0.5, 0.6) is 0 Å². The molecule has 158 valence electrons. The van der Waals surface area contributed by atoms with Gasteiger partial charge in [-0.05, 0) is 35.9 Å². The molecule has 0 atom stereocenters. The number of carbonyl (C=O) groups excluding carboxylic acids is 2. The number of anilines is 1. The first-order valence-electron chi connectivity index (χ1n) is 9.63. The van der Waals surface area contributed by atoms with E-state index in [2.05, 4.69) is 5.32 Å². The Bertz CT molecular complexity index is 1100. The molecule has 2 N–H and O–H groups in total. The summed E-state index contributed by atoms with van der Waals surface area (Å²) in [4.78, 5) is 27.5. The van der Waals surface area contributed by atoms with Crippen molar-refractivity contribution in [2.45, 2.75) is 13.8 Å². The van der Waals surface area contributed by atoms with E-state index in [1.54, 1.807) is 66.7 Å². The molecule has 0 bridgehead atoms. The molecule has 6 heteroatoms. The maximum atomic E-state index is 12.8. The van der Waals surface area contributed by atoms with Crippen LogP contribution in [0.15, 0.2) is 72.8 Å². The summed E-state index contributed by atoms with van der Waals surface area (Å²) in [6.45, 7) is 1.82. The van der Waals surface area contributed by atoms with E-state index in [0.29, 0.717) is 33.2 Å². The van der Waals surface area contributed by atoms with Crippen molar-refractivity contribution < 1.29 is 9.59 Å². The lowest BCUT2D eigenvalue weighted by Gasteiger charge is -2.11. The minimum absolute atomic E-state index is 0. The molecule has 4 rings (SSSR count). The largest absolute Gasteiger partial charge is 0.353 e. The number of benzene rings is 3. The number of rotatable bonds is 6. The van der Waals surface area contributed by atoms with Crippen LogP contribution < -0.4 is 5.32 Å². The number of amides is 1. The Labute approximate surface area is 187 Å². The number of hydrogen-bond acceptors (Lipinski definition) is 3. The fourth-order valence-electron chi connectivity index (χ4n) is 3.17. The highest BCUT2D eigenvalue weighted by Gasteiger charge is 2.22. The van der Waals surface area contributed by atoms with Crippen LogP contribution in [0.1, 0.15) is 39.3 Å². The van der Waals surface area contributed by atoms with E-state index in [9.17, 15) is 9.59 Å². The molecule has 1 aliphatic rings. The van der Waals surface area contributed by atoms with Crippen LogP contribution in [0.3, 0.4) is 0 Å². The van der Waals surface area contributed by atoms with Crippen molar-refractivity contribution >= 4 is 34.8 Å². The van der Waals surface area contributed by atoms with Gasteiger partial charge in [0.15, 0.2) is 5.78 Å². The van der Waals surface area contributed by atoms with E-state index < -0.39 is 0 Å². The van der Waals surface area contributed by atoms with Gasteiger partial charge in [0.25, 0.3) is 5.91 Å². The molecule has 31 heavy (non-hydrogen) atoms. The Balaban J connectivity index is 0.00000272. The van der Waals surface area contributed by atoms with Crippen molar-refractivity contribution in [1.82, 2.24) is 4.90 Å². The first-order chi connectivity index (χ1) is 14.5. The van der Waals surface area contributed by atoms with Crippen molar-refractivity contribution in [3.8, 4) is 0 Å². The number of halogens is 1. The number of nitrogens with zero attached hydrogens (tertiary/aromatic N) is 1. The van der Waals surface area contributed by atoms with Crippen LogP contribution in [-0.4, -0.2) is 35.5 Å². The average molecular weight is 434 g/mol. The van der Waals surface area contributed by atoms with Gasteiger partial charge in [-0.3, -0.25) is 15.0 Å². The molecule has 0 aromatic heterocycles. The predicted octanol–water partition coefficient (Wildman–Crippen LogP) is 5.29. The van der Waals surface area contributed by atoms with Gasteiger partial charge in [0.05, 0.1) is 0 Å². The van der Waals surface area contributed by atoms with Crippen molar-refractivity contribution in [1.29, 1.82) is 5.41 Å². The van der Waals surface area contributed by atoms with Gasteiger partial charge >= 0.3 is 0 Å². The highest BCUT2D eigenvalue weighted by atomic mass is 35.5. The van der Waals surface area contributed by atoms with Gasteiger partial charge in [0.2, 0.25) is 0 Å². The third kappa shape index (κ3) is 5.38. The normalized spacial score (nSPS) is 12.0. The predicted molar refractivity (Wildman–Crippen MR) is 125 cm³/mol. The monoisotopic (exact) mass is 433 g/mol. The second-order valence-corrected chi connectivity index (χ2v) is 7.57. The molecule has 0 unspecified atom stereocenters. The Morgan fingerprint density at radius 1 is 0.903 bits per heavy atom. The second kappa shape index (κ2) is 9.58. The number of carbonyl (C=O) groups is 2. The van der Waals surface area contributed by atoms with Crippen molar-refractivity contribution in [2.24, 2.45) is 0 Å². The zero-order valence-corrected chi connectivity index (χ0v) is 16.9.